The van der Waals surface area contributed by atoms with E-state index in [-0.39, 0.29) is 11.7 Å². The van der Waals surface area contributed by atoms with E-state index in [4.69, 9.17) is 5.73 Å². The van der Waals surface area contributed by atoms with Crippen molar-refractivity contribution in [2.45, 2.75) is 18.9 Å². The van der Waals surface area contributed by atoms with Gasteiger partial charge < -0.3 is 20.6 Å². The van der Waals surface area contributed by atoms with Crippen LogP contribution >= 0.6 is 0 Å². The molecule has 1 saturated heterocycles. The van der Waals surface area contributed by atoms with E-state index in [2.05, 4.69) is 4.90 Å². The lowest BCUT2D eigenvalue weighted by Gasteiger charge is -2.36. The number of likely N-dealkylation sites (N-methyl/N-ethyl adjacent to an activating group) is 1. The van der Waals surface area contributed by atoms with Gasteiger partial charge in [-0.1, -0.05) is 0 Å². The van der Waals surface area contributed by atoms with Crippen molar-refractivity contribution in [2.75, 3.05) is 32.9 Å². The zero-order chi connectivity index (χ0) is 14.0. The minimum Gasteiger partial charge on any atom is -0.506 e. The van der Waals surface area contributed by atoms with Crippen molar-refractivity contribution in [3.63, 3.8) is 0 Å². The monoisotopic (exact) mass is 263 g/mol. The lowest BCUT2D eigenvalue weighted by Crippen LogP contribution is -2.47. The van der Waals surface area contributed by atoms with Crippen LogP contribution in [0.1, 0.15) is 23.2 Å². The predicted octanol–water partition coefficient (Wildman–Crippen LogP) is 1.14. The number of carbonyl (C=O) groups excluding carboxylic acids is 1. The standard InChI is InChI=1S/C14H21N3O2/c1-16(2)11-4-3-7-17(9-11)14(19)10-5-6-12(15)13(18)8-10/h5-6,8,11,18H,3-4,7,9,15H2,1-2H3. The van der Waals surface area contributed by atoms with Gasteiger partial charge in [-0.05, 0) is 45.1 Å². The van der Waals surface area contributed by atoms with E-state index in [1.165, 1.54) is 6.07 Å². The molecule has 0 bridgehead atoms. The van der Waals surface area contributed by atoms with E-state index in [1.807, 2.05) is 19.0 Å². The largest absolute Gasteiger partial charge is 0.506 e. The smallest absolute Gasteiger partial charge is 0.254 e. The molecule has 0 spiro atoms. The summed E-state index contributed by atoms with van der Waals surface area (Å²) >= 11 is 0. The van der Waals surface area contributed by atoms with Crippen LogP contribution in [0.5, 0.6) is 5.75 Å². The molecule has 1 fully saturated rings. The Morgan fingerprint density at radius 1 is 1.47 bits per heavy atom. The van der Waals surface area contributed by atoms with Crippen LogP contribution in [0.3, 0.4) is 0 Å². The fourth-order valence-corrected chi connectivity index (χ4v) is 2.42. The molecular weight excluding hydrogens is 242 g/mol. The highest BCUT2D eigenvalue weighted by atomic mass is 16.3. The van der Waals surface area contributed by atoms with Gasteiger partial charge in [0.1, 0.15) is 5.75 Å². The quantitative estimate of drug-likeness (QED) is 0.620. The number of hydrogen-bond acceptors (Lipinski definition) is 4. The van der Waals surface area contributed by atoms with Crippen LogP contribution in [0.25, 0.3) is 0 Å². The van der Waals surface area contributed by atoms with Gasteiger partial charge in [0, 0.05) is 24.7 Å². The zero-order valence-electron chi connectivity index (χ0n) is 11.5. The number of amides is 1. The number of piperidine rings is 1. The van der Waals surface area contributed by atoms with Gasteiger partial charge in [0.05, 0.1) is 5.69 Å². The molecule has 5 nitrogen and oxygen atoms in total. The van der Waals surface area contributed by atoms with Crippen molar-refractivity contribution >= 4 is 11.6 Å². The van der Waals surface area contributed by atoms with Crippen molar-refractivity contribution in [3.05, 3.63) is 23.8 Å². The molecule has 0 aliphatic carbocycles. The number of nitrogens with zero attached hydrogens (tertiary/aromatic N) is 2. The number of aromatic hydroxyl groups is 1. The van der Waals surface area contributed by atoms with Gasteiger partial charge >= 0.3 is 0 Å². The summed E-state index contributed by atoms with van der Waals surface area (Å²) in [5.41, 5.74) is 6.33. The van der Waals surface area contributed by atoms with Gasteiger partial charge in [0.15, 0.2) is 0 Å². The van der Waals surface area contributed by atoms with Gasteiger partial charge in [-0.2, -0.15) is 0 Å². The maximum atomic E-state index is 12.4. The molecule has 1 heterocycles. The summed E-state index contributed by atoms with van der Waals surface area (Å²) in [6.07, 6.45) is 2.12. The number of nitrogens with two attached hydrogens (primary N) is 1. The molecule has 1 aromatic rings. The summed E-state index contributed by atoms with van der Waals surface area (Å²) in [5.74, 6) is -0.0751. The average Bonchev–Trinajstić information content (AvgIpc) is 2.41. The number of benzene rings is 1. The maximum absolute atomic E-state index is 12.4. The first-order chi connectivity index (χ1) is 8.99. The molecule has 0 radical (unpaired) electrons. The molecule has 0 aromatic heterocycles. The van der Waals surface area contributed by atoms with Gasteiger partial charge in [0.2, 0.25) is 0 Å². The number of anilines is 1. The second kappa shape index (κ2) is 5.48. The molecule has 1 aliphatic rings. The molecule has 104 valence electrons. The summed E-state index contributed by atoms with van der Waals surface area (Å²) in [6.45, 7) is 1.51. The number of phenols is 1. The van der Waals surface area contributed by atoms with E-state index in [0.717, 1.165) is 25.9 Å². The Morgan fingerprint density at radius 2 is 2.21 bits per heavy atom. The normalized spacial score (nSPS) is 19.7. The Kier molecular flexibility index (Phi) is 3.95. The minimum atomic E-state index is -0.0400. The summed E-state index contributed by atoms with van der Waals surface area (Å²) in [7, 11) is 4.07. The van der Waals surface area contributed by atoms with Crippen molar-refractivity contribution in [3.8, 4) is 5.75 Å². The zero-order valence-corrected chi connectivity index (χ0v) is 11.5. The summed E-state index contributed by atoms with van der Waals surface area (Å²) in [6, 6.07) is 5.07. The second-order valence-corrected chi connectivity index (χ2v) is 5.28. The Bertz CT molecular complexity index is 474. The molecule has 1 atom stereocenters. The molecule has 19 heavy (non-hydrogen) atoms. The topological polar surface area (TPSA) is 69.8 Å². The van der Waals surface area contributed by atoms with Crippen LogP contribution in [-0.2, 0) is 0 Å². The lowest BCUT2D eigenvalue weighted by molar-refractivity contribution is 0.0635. The number of hydrogen-bond donors (Lipinski definition) is 2. The van der Waals surface area contributed by atoms with Crippen molar-refractivity contribution in [2.24, 2.45) is 0 Å². The first-order valence-electron chi connectivity index (χ1n) is 6.53. The van der Waals surface area contributed by atoms with Crippen LogP contribution in [-0.4, -0.2) is 54.0 Å². The highest BCUT2D eigenvalue weighted by molar-refractivity contribution is 5.95. The molecule has 3 N–H and O–H groups in total. The number of rotatable bonds is 2. The van der Waals surface area contributed by atoms with Crippen LogP contribution < -0.4 is 5.73 Å². The fraction of sp³-hybridized carbons (Fsp3) is 0.500. The third kappa shape index (κ3) is 2.98. The minimum absolute atomic E-state index is 0.0352. The van der Waals surface area contributed by atoms with Gasteiger partial charge in [-0.25, -0.2) is 0 Å². The number of likely N-dealkylation sites (tertiary alicyclic amines) is 1. The van der Waals surface area contributed by atoms with E-state index >= 15 is 0 Å². The highest BCUT2D eigenvalue weighted by Crippen LogP contribution is 2.23. The molecule has 1 unspecified atom stereocenters. The van der Waals surface area contributed by atoms with Crippen LogP contribution in [0.15, 0.2) is 18.2 Å². The third-order valence-electron chi connectivity index (χ3n) is 3.69. The third-order valence-corrected chi connectivity index (χ3v) is 3.69. The SMILES string of the molecule is CN(C)C1CCCN(C(=O)c2ccc(N)c(O)c2)C1. The van der Waals surface area contributed by atoms with E-state index < -0.39 is 0 Å². The van der Waals surface area contributed by atoms with Gasteiger partial charge in [-0.15, -0.1) is 0 Å². The van der Waals surface area contributed by atoms with Crippen LogP contribution in [0.2, 0.25) is 0 Å². The molecule has 2 rings (SSSR count). The molecule has 1 aromatic carbocycles. The number of phenolic OH excluding ortho intramolecular Hbond substituents is 1. The van der Waals surface area contributed by atoms with E-state index in [1.54, 1.807) is 12.1 Å². The molecule has 5 heteroatoms. The Hall–Kier alpha value is -1.75. The van der Waals surface area contributed by atoms with Crippen LogP contribution in [0, 0.1) is 0 Å². The predicted molar refractivity (Wildman–Crippen MR) is 75.1 cm³/mol. The van der Waals surface area contributed by atoms with Gasteiger partial charge in [0.25, 0.3) is 5.91 Å². The summed E-state index contributed by atoms with van der Waals surface area (Å²) in [4.78, 5) is 16.4. The van der Waals surface area contributed by atoms with E-state index in [0.29, 0.717) is 17.3 Å². The van der Waals surface area contributed by atoms with Crippen molar-refractivity contribution in [1.29, 1.82) is 0 Å². The van der Waals surface area contributed by atoms with Crippen LogP contribution in [0.4, 0.5) is 5.69 Å². The molecule has 0 saturated carbocycles. The Balaban J connectivity index is 2.12. The van der Waals surface area contributed by atoms with Crippen molar-refractivity contribution < 1.29 is 9.90 Å². The summed E-state index contributed by atoms with van der Waals surface area (Å²) < 4.78 is 0. The molecule has 1 aliphatic heterocycles. The number of carbonyl (C=O) groups is 1. The molecule has 1 amide bonds. The van der Waals surface area contributed by atoms with E-state index in [9.17, 15) is 9.90 Å². The maximum Gasteiger partial charge on any atom is 0.254 e. The summed E-state index contributed by atoms with van der Waals surface area (Å²) in [5, 5.41) is 9.58. The Labute approximate surface area is 113 Å². The molecular formula is C14H21N3O2. The van der Waals surface area contributed by atoms with Crippen molar-refractivity contribution in [1.82, 2.24) is 9.80 Å². The lowest BCUT2D eigenvalue weighted by atomic mass is 10.0. The van der Waals surface area contributed by atoms with Gasteiger partial charge in [-0.3, -0.25) is 4.79 Å². The highest BCUT2D eigenvalue weighted by Gasteiger charge is 2.25. The fourth-order valence-electron chi connectivity index (χ4n) is 2.42. The Morgan fingerprint density at radius 3 is 2.84 bits per heavy atom. The number of nitrogen functional groups attached to an aromatic ring is 1. The second-order valence-electron chi connectivity index (χ2n) is 5.28. The first kappa shape index (κ1) is 13.7. The first-order valence-corrected chi connectivity index (χ1v) is 6.53. The average molecular weight is 263 g/mol.